The van der Waals surface area contributed by atoms with Gasteiger partial charge in [-0.15, -0.1) is 0 Å². The fourth-order valence-electron chi connectivity index (χ4n) is 2.27. The van der Waals surface area contributed by atoms with Gasteiger partial charge >= 0.3 is 52.9 Å². The van der Waals surface area contributed by atoms with Crippen molar-refractivity contribution in [2.75, 3.05) is 34.2 Å². The monoisotopic (exact) mass is 633 g/mol. The molecule has 0 amide bonds. The number of hydrogen-bond donors (Lipinski definition) is 1. The summed E-state index contributed by atoms with van der Waals surface area (Å²) in [6, 6.07) is 0. The lowest BCUT2D eigenvalue weighted by molar-refractivity contribution is -0.870. The molecule has 0 aliphatic rings. The van der Waals surface area contributed by atoms with E-state index >= 15 is 0 Å². The van der Waals surface area contributed by atoms with Gasteiger partial charge in [0.15, 0.2) is 11.0 Å². The van der Waals surface area contributed by atoms with Crippen LogP contribution >= 0.6 is 0 Å². The molecular weight excluding hydrogens is 617 g/mol. The van der Waals surface area contributed by atoms with Gasteiger partial charge in [0, 0.05) is 13.0 Å². The second-order valence-electron chi connectivity index (χ2n) is 8.57. The summed E-state index contributed by atoms with van der Waals surface area (Å²) in [4.78, 5) is 0. The zero-order valence-corrected chi connectivity index (χ0v) is 19.4. The molecule has 38 heavy (non-hydrogen) atoms. The molecule has 0 spiro atoms. The molecule has 0 saturated carbocycles. The van der Waals surface area contributed by atoms with Crippen molar-refractivity contribution in [2.45, 2.75) is 59.3 Å². The number of quaternary nitrogens is 1. The zero-order valence-electron chi connectivity index (χ0n) is 18.6. The first kappa shape index (κ1) is 36.7. The van der Waals surface area contributed by atoms with Gasteiger partial charge < -0.3 is 4.48 Å². The first-order chi connectivity index (χ1) is 16.1. The number of halogens is 19. The summed E-state index contributed by atoms with van der Waals surface area (Å²) in [6.45, 7) is -1.05. The predicted octanol–water partition coefficient (Wildman–Crippen LogP) is 5.94. The van der Waals surface area contributed by atoms with Crippen LogP contribution in [-0.4, -0.2) is 95.8 Å². The molecule has 1 unspecified atom stereocenters. The van der Waals surface area contributed by atoms with Crippen molar-refractivity contribution >= 4 is 11.0 Å². The minimum absolute atomic E-state index is 0.0293. The molecule has 0 fully saturated rings. The lowest BCUT2D eigenvalue weighted by Crippen LogP contribution is -2.76. The Morgan fingerprint density at radius 3 is 1.11 bits per heavy atom. The van der Waals surface area contributed by atoms with Crippen LogP contribution in [0.15, 0.2) is 0 Å². The summed E-state index contributed by atoms with van der Waals surface area (Å²) in [7, 11) is -0.509. The van der Waals surface area contributed by atoms with E-state index in [2.05, 4.69) is 0 Å². The first-order valence-corrected chi connectivity index (χ1v) is 10.3. The molecule has 0 aromatic carbocycles. The Balaban J connectivity index is 6.55. The third kappa shape index (κ3) is 5.51. The molecule has 1 atom stereocenters. The van der Waals surface area contributed by atoms with E-state index in [9.17, 15) is 87.6 Å². The lowest BCUT2D eigenvalue weighted by atomic mass is 9.89. The maximum atomic E-state index is 13.8. The first-order valence-electron chi connectivity index (χ1n) is 9.18. The molecule has 0 aliphatic carbocycles. The standard InChI is InChI=1S/C15H16F19N2OS/c1-36(2,3)6-4-5-35-38(37)15(33,34)13(28,29)11(24,25)9(20,21)7(16,17)8(18,19)10(22,23)12(26,27)14(30,31)32/h35H,4-6H2,1-3H3/q+1. The molecule has 0 heterocycles. The Kier molecular flexibility index (Phi) is 9.65. The number of alkyl halides is 19. The highest BCUT2D eigenvalue weighted by atomic mass is 32.2. The van der Waals surface area contributed by atoms with Crippen molar-refractivity contribution in [3.8, 4) is 0 Å². The van der Waals surface area contributed by atoms with Gasteiger partial charge in [-0.05, 0) is 0 Å². The van der Waals surface area contributed by atoms with Gasteiger partial charge in [0.2, 0.25) is 0 Å². The predicted molar refractivity (Wildman–Crippen MR) is 89.3 cm³/mol. The van der Waals surface area contributed by atoms with Gasteiger partial charge in [-0.3, -0.25) is 0 Å². The quantitative estimate of drug-likeness (QED) is 0.152. The topological polar surface area (TPSA) is 29.1 Å². The average molecular weight is 633 g/mol. The number of nitrogens with zero attached hydrogens (tertiary/aromatic N) is 1. The SMILES string of the molecule is C[N+](C)(C)CCCNS(=O)C(F)(F)C(F)(F)C(F)(F)C(F)(F)C(F)(F)C(F)(F)C(F)(F)C(F)(F)C(F)(F)F. The van der Waals surface area contributed by atoms with Crippen LogP contribution in [0.3, 0.4) is 0 Å². The van der Waals surface area contributed by atoms with Gasteiger partial charge in [0.05, 0.1) is 27.7 Å². The average Bonchev–Trinajstić information content (AvgIpc) is 2.68. The summed E-state index contributed by atoms with van der Waals surface area (Å²) < 4.78 is 264. The van der Waals surface area contributed by atoms with E-state index in [1.165, 1.54) is 21.1 Å². The van der Waals surface area contributed by atoms with Crippen LogP contribution < -0.4 is 4.72 Å². The highest BCUT2D eigenvalue weighted by Gasteiger charge is 2.97. The van der Waals surface area contributed by atoms with Crippen LogP contribution in [-0.2, 0) is 11.0 Å². The minimum atomic E-state index is -9.00. The van der Waals surface area contributed by atoms with Gasteiger partial charge in [0.1, 0.15) is 0 Å². The maximum Gasteiger partial charge on any atom is 0.460 e. The van der Waals surface area contributed by atoms with Crippen molar-refractivity contribution in [1.82, 2.24) is 4.72 Å². The molecule has 1 N–H and O–H groups in total. The molecule has 0 radical (unpaired) electrons. The summed E-state index contributed by atoms with van der Waals surface area (Å²) in [5.74, 6) is -60.7. The zero-order chi connectivity index (χ0) is 31.4. The van der Waals surface area contributed by atoms with E-state index in [0.29, 0.717) is 0 Å². The van der Waals surface area contributed by atoms with Crippen LogP contribution in [0.25, 0.3) is 0 Å². The van der Waals surface area contributed by atoms with E-state index in [-0.39, 0.29) is 17.4 Å². The molecule has 0 bridgehead atoms. The largest absolute Gasteiger partial charge is 0.460 e. The maximum absolute atomic E-state index is 13.8. The number of rotatable bonds is 13. The molecule has 3 nitrogen and oxygen atoms in total. The Labute approximate surface area is 202 Å². The van der Waals surface area contributed by atoms with Crippen molar-refractivity contribution < 1.29 is 92.1 Å². The van der Waals surface area contributed by atoms with Crippen molar-refractivity contribution in [2.24, 2.45) is 0 Å². The van der Waals surface area contributed by atoms with E-state index in [4.69, 9.17) is 0 Å². The van der Waals surface area contributed by atoms with Crippen molar-refractivity contribution in [3.05, 3.63) is 0 Å². The van der Waals surface area contributed by atoms with E-state index < -0.39 is 70.4 Å². The third-order valence-corrected chi connectivity index (χ3v) is 5.75. The minimum Gasteiger partial charge on any atom is -0.331 e. The lowest BCUT2D eigenvalue weighted by Gasteiger charge is -2.43. The second kappa shape index (κ2) is 9.98. The fourth-order valence-corrected chi connectivity index (χ4v) is 3.14. The molecular formula is C15H16F19N2OS+. The van der Waals surface area contributed by atoms with Gasteiger partial charge in [0.25, 0.3) is 0 Å². The molecule has 0 aromatic rings. The Morgan fingerprint density at radius 2 is 0.816 bits per heavy atom. The van der Waals surface area contributed by atoms with Crippen molar-refractivity contribution in [1.29, 1.82) is 0 Å². The number of hydrogen-bond acceptors (Lipinski definition) is 1. The molecule has 0 saturated heterocycles. The van der Waals surface area contributed by atoms with Crippen LogP contribution in [0, 0.1) is 0 Å². The Bertz CT molecular complexity index is 861. The molecule has 23 heteroatoms. The highest BCUT2D eigenvalue weighted by molar-refractivity contribution is 7.84. The van der Waals surface area contributed by atoms with Crippen LogP contribution in [0.5, 0.6) is 0 Å². The van der Waals surface area contributed by atoms with Crippen LogP contribution in [0.2, 0.25) is 0 Å². The summed E-state index contributed by atoms with van der Waals surface area (Å²) in [5, 5.41) is -7.08. The molecule has 0 aromatic heterocycles. The van der Waals surface area contributed by atoms with E-state index in [0.717, 1.165) is 4.72 Å². The van der Waals surface area contributed by atoms with Gasteiger partial charge in [-0.1, -0.05) is 0 Å². The third-order valence-electron chi connectivity index (χ3n) is 4.56. The smallest absolute Gasteiger partial charge is 0.331 e. The second-order valence-corrected chi connectivity index (χ2v) is 9.90. The fraction of sp³-hybridized carbons (Fsp3) is 1.00. The molecule has 0 rings (SSSR count). The van der Waals surface area contributed by atoms with Gasteiger partial charge in [-0.25, -0.2) is 8.93 Å². The van der Waals surface area contributed by atoms with Crippen LogP contribution in [0.1, 0.15) is 6.42 Å². The van der Waals surface area contributed by atoms with Gasteiger partial charge in [-0.2, -0.15) is 83.4 Å². The summed E-state index contributed by atoms with van der Waals surface area (Å²) >= 11 is 0. The number of nitrogens with one attached hydrogen (secondary N) is 1. The van der Waals surface area contributed by atoms with E-state index in [1.807, 2.05) is 0 Å². The summed E-state index contributed by atoms with van der Waals surface area (Å²) in [6.07, 6.45) is -8.30. The molecule has 0 aliphatic heterocycles. The normalized spacial score (nSPS) is 17.1. The Morgan fingerprint density at radius 1 is 0.526 bits per heavy atom. The van der Waals surface area contributed by atoms with Crippen LogP contribution in [0.4, 0.5) is 83.4 Å². The van der Waals surface area contributed by atoms with E-state index in [1.54, 1.807) is 0 Å². The van der Waals surface area contributed by atoms with Crippen molar-refractivity contribution in [3.63, 3.8) is 0 Å². The molecule has 230 valence electrons. The highest BCUT2D eigenvalue weighted by Crippen LogP contribution is 2.65. The summed E-state index contributed by atoms with van der Waals surface area (Å²) in [5.41, 5.74) is 0. The Hall–Kier alpha value is -1.26.